The maximum Gasteiger partial charge on any atom is 0.410 e. The van der Waals surface area contributed by atoms with Crippen LogP contribution in [0.3, 0.4) is 0 Å². The number of hydrogen-bond donors (Lipinski definition) is 4. The number of ether oxygens (including phenoxy) is 1. The van der Waals surface area contributed by atoms with Crippen molar-refractivity contribution in [3.8, 4) is 0 Å². The minimum atomic E-state index is -4.98. The molecule has 32 heavy (non-hydrogen) atoms. The number of amides is 3. The summed E-state index contributed by atoms with van der Waals surface area (Å²) in [7, 11) is -4.98. The Labute approximate surface area is 183 Å². The van der Waals surface area contributed by atoms with Gasteiger partial charge < -0.3 is 30.6 Å². The molecule has 0 unspecified atom stereocenters. The molecule has 1 aromatic rings. The van der Waals surface area contributed by atoms with E-state index in [4.69, 9.17) is 15.6 Å². The lowest BCUT2D eigenvalue weighted by molar-refractivity contribution is -0.145. The second-order valence-corrected chi connectivity index (χ2v) is 8.55. The first kappa shape index (κ1) is 23.2. The first-order valence-electron chi connectivity index (χ1n) is 8.65. The number of carbonyl (C=O) groups is 4. The third-order valence-electron chi connectivity index (χ3n) is 4.28. The summed E-state index contributed by atoms with van der Waals surface area (Å²) in [5.41, 5.74) is 4.91. The SMILES string of the molecule is Nc1nc(C(=NOCC(=O)O)C(=O)N[C@@H]2C(=O)N(S(=O)(=O)O)[C@@H]2CN2CCOC2=O)cs1. The van der Waals surface area contributed by atoms with Crippen molar-refractivity contribution in [2.24, 2.45) is 5.16 Å². The molecule has 0 spiro atoms. The van der Waals surface area contributed by atoms with Crippen LogP contribution in [0.1, 0.15) is 5.69 Å². The number of aliphatic carboxylic acids is 1. The summed E-state index contributed by atoms with van der Waals surface area (Å²) in [5.74, 6) is -3.60. The minimum Gasteiger partial charge on any atom is -0.479 e. The number of anilines is 1. The van der Waals surface area contributed by atoms with E-state index >= 15 is 0 Å². The fraction of sp³-hybridized carbons (Fsp3) is 0.429. The Kier molecular flexibility index (Phi) is 6.46. The molecule has 2 saturated heterocycles. The Bertz CT molecular complexity index is 1090. The predicted octanol–water partition coefficient (Wildman–Crippen LogP) is -2.52. The second-order valence-electron chi connectivity index (χ2n) is 6.37. The number of cyclic esters (lactones) is 1. The summed E-state index contributed by atoms with van der Waals surface area (Å²) in [6.07, 6.45) is -0.757. The number of β-lactam (4-membered cyclic amide) rings is 1. The van der Waals surface area contributed by atoms with Crippen LogP contribution in [0.5, 0.6) is 0 Å². The van der Waals surface area contributed by atoms with E-state index in [-0.39, 0.29) is 34.8 Å². The molecule has 0 aliphatic carbocycles. The molecule has 18 heteroatoms. The number of nitrogens with zero attached hydrogens (tertiary/aromatic N) is 4. The molecule has 174 valence electrons. The smallest absolute Gasteiger partial charge is 0.410 e. The van der Waals surface area contributed by atoms with Crippen molar-refractivity contribution >= 4 is 56.4 Å². The average Bonchev–Trinajstić information content (AvgIpc) is 3.29. The van der Waals surface area contributed by atoms with Crippen LogP contribution in [0.15, 0.2) is 10.5 Å². The van der Waals surface area contributed by atoms with Gasteiger partial charge in [0.2, 0.25) is 6.61 Å². The molecule has 2 atom stereocenters. The number of nitrogens with one attached hydrogen (secondary N) is 1. The zero-order valence-corrected chi connectivity index (χ0v) is 17.5. The van der Waals surface area contributed by atoms with E-state index in [1.54, 1.807) is 0 Å². The lowest BCUT2D eigenvalue weighted by Gasteiger charge is -2.45. The van der Waals surface area contributed by atoms with E-state index in [1.807, 2.05) is 0 Å². The van der Waals surface area contributed by atoms with Gasteiger partial charge in [-0.15, -0.1) is 11.3 Å². The molecule has 2 aliphatic heterocycles. The van der Waals surface area contributed by atoms with Crippen LogP contribution >= 0.6 is 11.3 Å². The van der Waals surface area contributed by atoms with E-state index < -0.39 is 58.6 Å². The number of thiazole rings is 1. The van der Waals surface area contributed by atoms with Gasteiger partial charge in [0.1, 0.15) is 18.3 Å². The lowest BCUT2D eigenvalue weighted by atomic mass is 9.97. The Morgan fingerprint density at radius 2 is 2.16 bits per heavy atom. The molecule has 0 bridgehead atoms. The third kappa shape index (κ3) is 4.86. The van der Waals surface area contributed by atoms with E-state index in [0.717, 1.165) is 16.2 Å². The van der Waals surface area contributed by atoms with Gasteiger partial charge in [-0.3, -0.25) is 14.1 Å². The highest BCUT2D eigenvalue weighted by molar-refractivity contribution is 7.84. The maximum absolute atomic E-state index is 12.7. The second kappa shape index (κ2) is 8.93. The van der Waals surface area contributed by atoms with Gasteiger partial charge in [-0.05, 0) is 0 Å². The van der Waals surface area contributed by atoms with Crippen LogP contribution in [0.25, 0.3) is 0 Å². The van der Waals surface area contributed by atoms with Crippen molar-refractivity contribution in [3.63, 3.8) is 0 Å². The van der Waals surface area contributed by atoms with Crippen LogP contribution in [0.4, 0.5) is 9.93 Å². The zero-order chi connectivity index (χ0) is 23.6. The van der Waals surface area contributed by atoms with Crippen LogP contribution in [-0.2, 0) is 34.3 Å². The van der Waals surface area contributed by atoms with Crippen LogP contribution in [-0.4, -0.2) is 100 Å². The number of rotatable bonds is 9. The quantitative estimate of drug-likeness (QED) is 0.121. The first-order valence-corrected chi connectivity index (χ1v) is 10.9. The molecule has 3 rings (SSSR count). The number of carbonyl (C=O) groups excluding carboxylic acids is 3. The van der Waals surface area contributed by atoms with Gasteiger partial charge in [0.25, 0.3) is 11.8 Å². The van der Waals surface area contributed by atoms with Crippen molar-refractivity contribution in [3.05, 3.63) is 11.1 Å². The molecule has 0 radical (unpaired) electrons. The number of aromatic nitrogens is 1. The number of carboxylic acid groups (broad SMARTS) is 1. The summed E-state index contributed by atoms with van der Waals surface area (Å²) < 4.78 is 37.4. The third-order valence-corrected chi connectivity index (χ3v) is 5.90. The highest BCUT2D eigenvalue weighted by atomic mass is 32.2. The first-order chi connectivity index (χ1) is 15.0. The Morgan fingerprint density at radius 3 is 2.69 bits per heavy atom. The monoisotopic (exact) mass is 492 g/mol. The molecule has 3 amide bonds. The largest absolute Gasteiger partial charge is 0.479 e. The predicted molar refractivity (Wildman–Crippen MR) is 104 cm³/mol. The van der Waals surface area contributed by atoms with Gasteiger partial charge in [0.05, 0.1) is 12.6 Å². The minimum absolute atomic E-state index is 0.0470. The molecule has 16 nitrogen and oxygen atoms in total. The molecule has 0 saturated carbocycles. The molecular formula is C14H16N6O10S2. The Hall–Kier alpha value is -3.51. The van der Waals surface area contributed by atoms with Gasteiger partial charge in [0.15, 0.2) is 10.8 Å². The topological polar surface area (TPSA) is 231 Å². The summed E-state index contributed by atoms with van der Waals surface area (Å²) in [6, 6.07) is -2.81. The van der Waals surface area contributed by atoms with Crippen molar-refractivity contribution in [1.29, 1.82) is 0 Å². The summed E-state index contributed by atoms with van der Waals surface area (Å²) >= 11 is 0.943. The van der Waals surface area contributed by atoms with Gasteiger partial charge in [-0.2, -0.15) is 8.42 Å². The fourth-order valence-electron chi connectivity index (χ4n) is 2.92. The zero-order valence-electron chi connectivity index (χ0n) is 15.9. The number of nitrogen functional groups attached to an aromatic ring is 1. The van der Waals surface area contributed by atoms with Crippen molar-refractivity contribution in [1.82, 2.24) is 19.5 Å². The highest BCUT2D eigenvalue weighted by Crippen LogP contribution is 2.26. The molecule has 5 N–H and O–H groups in total. The van der Waals surface area contributed by atoms with Crippen molar-refractivity contribution in [2.45, 2.75) is 12.1 Å². The van der Waals surface area contributed by atoms with E-state index in [1.165, 1.54) is 5.38 Å². The van der Waals surface area contributed by atoms with E-state index in [0.29, 0.717) is 0 Å². The molecular weight excluding hydrogens is 476 g/mol. The van der Waals surface area contributed by atoms with Crippen molar-refractivity contribution < 1.29 is 46.8 Å². The van der Waals surface area contributed by atoms with Gasteiger partial charge >= 0.3 is 22.4 Å². The van der Waals surface area contributed by atoms with Gasteiger partial charge in [0, 0.05) is 11.9 Å². The molecule has 0 aromatic carbocycles. The number of oxime groups is 1. The standard InChI is InChI=1S/C14H16N6O10S2/c15-13-16-6(5-31-13)9(18-30-4-8(21)22)11(23)17-10-7(3-19-1-2-29-14(19)25)20(12(10)24)32(26,27)28/h5,7,10H,1-4H2,(H2,15,16)(H,17,23)(H,21,22)(H,26,27,28)/t7-,10+/m1/s1. The molecule has 3 heterocycles. The number of nitrogens with two attached hydrogens (primary N) is 1. The molecule has 2 aliphatic rings. The Morgan fingerprint density at radius 1 is 1.44 bits per heavy atom. The van der Waals surface area contributed by atoms with E-state index in [9.17, 15) is 32.1 Å². The number of hydrogen-bond acceptors (Lipinski definition) is 12. The maximum atomic E-state index is 12.7. The average molecular weight is 492 g/mol. The lowest BCUT2D eigenvalue weighted by Crippen LogP contribution is -2.74. The van der Waals surface area contributed by atoms with E-state index in [2.05, 4.69) is 20.3 Å². The number of carboxylic acids is 1. The highest BCUT2D eigenvalue weighted by Gasteiger charge is 2.55. The summed E-state index contributed by atoms with van der Waals surface area (Å²) in [6.45, 7) is -1.08. The van der Waals surface area contributed by atoms with Crippen molar-refractivity contribution in [2.75, 3.05) is 32.0 Å². The normalized spacial score (nSPS) is 21.2. The summed E-state index contributed by atoms with van der Waals surface area (Å²) in [5, 5.41) is 15.7. The molecule has 1 aromatic heterocycles. The van der Waals surface area contributed by atoms with Gasteiger partial charge in [-0.1, -0.05) is 5.16 Å². The van der Waals surface area contributed by atoms with Gasteiger partial charge in [-0.25, -0.2) is 18.9 Å². The Balaban J connectivity index is 1.82. The summed E-state index contributed by atoms with van der Waals surface area (Å²) in [4.78, 5) is 56.9. The fourth-order valence-corrected chi connectivity index (χ4v) is 4.34. The van der Waals surface area contributed by atoms with Crippen LogP contribution < -0.4 is 11.1 Å². The van der Waals surface area contributed by atoms with Crippen LogP contribution in [0, 0.1) is 0 Å². The van der Waals surface area contributed by atoms with Crippen LogP contribution in [0.2, 0.25) is 0 Å². The molecule has 2 fully saturated rings.